The topological polar surface area (TPSA) is 98.0 Å². The summed E-state index contributed by atoms with van der Waals surface area (Å²) in [7, 11) is 1.14. The van der Waals surface area contributed by atoms with Crippen molar-refractivity contribution in [2.24, 2.45) is 4.99 Å². The zero-order valence-electron chi connectivity index (χ0n) is 14.0. The van der Waals surface area contributed by atoms with Gasteiger partial charge in [-0.15, -0.1) is 0 Å². The lowest BCUT2D eigenvalue weighted by atomic mass is 10.3. The van der Waals surface area contributed by atoms with Gasteiger partial charge in [0.1, 0.15) is 18.9 Å². The lowest BCUT2D eigenvalue weighted by molar-refractivity contribution is -0.142. The number of aromatic nitrogens is 1. The Balaban J connectivity index is 2.05. The fraction of sp³-hybridized carbons (Fsp3) is 0.312. The Morgan fingerprint density at radius 2 is 1.85 bits per heavy atom. The number of carbonyl (C=O) groups is 4. The molecule has 1 aromatic carbocycles. The van der Waals surface area contributed by atoms with E-state index in [1.807, 2.05) is 0 Å². The van der Waals surface area contributed by atoms with Gasteiger partial charge >= 0.3 is 5.97 Å². The van der Waals surface area contributed by atoms with Crippen molar-refractivity contribution >= 4 is 45.2 Å². The van der Waals surface area contributed by atoms with Crippen molar-refractivity contribution in [1.29, 1.82) is 0 Å². The van der Waals surface area contributed by atoms with Crippen LogP contribution >= 0.6 is 11.3 Å². The average Bonchev–Trinajstić information content (AvgIpc) is 3.09. The van der Waals surface area contributed by atoms with E-state index >= 15 is 0 Å². The summed E-state index contributed by atoms with van der Waals surface area (Å²) in [5.74, 6) is -4.26. The Bertz CT molecular complexity index is 1030. The molecule has 1 aliphatic rings. The predicted molar refractivity (Wildman–Crippen MR) is 88.3 cm³/mol. The number of nitrogens with zero attached hydrogens (tertiary/aromatic N) is 3. The summed E-state index contributed by atoms with van der Waals surface area (Å²) in [6.07, 6.45) is 0.0592. The van der Waals surface area contributed by atoms with E-state index in [9.17, 15) is 28.0 Å². The first-order valence-electron chi connectivity index (χ1n) is 7.76. The van der Waals surface area contributed by atoms with Gasteiger partial charge in [0.25, 0.3) is 5.91 Å². The molecule has 3 amide bonds. The Hall–Kier alpha value is -2.95. The molecule has 0 atom stereocenters. The number of esters is 1. The van der Waals surface area contributed by atoms with Crippen molar-refractivity contribution < 1.29 is 32.7 Å². The number of hydrogen-bond acceptors (Lipinski definition) is 6. The molecule has 0 aliphatic carbocycles. The molecule has 0 saturated carbocycles. The molecule has 11 heteroatoms. The molecule has 0 spiro atoms. The van der Waals surface area contributed by atoms with E-state index in [0.29, 0.717) is 6.07 Å². The minimum Gasteiger partial charge on any atom is -0.468 e. The van der Waals surface area contributed by atoms with Gasteiger partial charge in [-0.1, -0.05) is 11.3 Å². The average molecular weight is 397 g/mol. The van der Waals surface area contributed by atoms with E-state index in [1.54, 1.807) is 0 Å². The van der Waals surface area contributed by atoms with Gasteiger partial charge in [-0.3, -0.25) is 24.1 Å². The van der Waals surface area contributed by atoms with E-state index in [2.05, 4.69) is 9.73 Å². The summed E-state index contributed by atoms with van der Waals surface area (Å²) >= 11 is 0.792. The Labute approximate surface area is 154 Å². The smallest absolute Gasteiger partial charge is 0.325 e. The third-order valence-electron chi connectivity index (χ3n) is 3.88. The maximum absolute atomic E-state index is 14.2. The van der Waals surface area contributed by atoms with Crippen LogP contribution in [0.4, 0.5) is 8.78 Å². The van der Waals surface area contributed by atoms with Crippen molar-refractivity contribution in [3.63, 3.8) is 0 Å². The summed E-state index contributed by atoms with van der Waals surface area (Å²) in [6, 6.07) is 1.70. The molecule has 142 valence electrons. The number of carbonyl (C=O) groups excluding carboxylic acids is 4. The molecule has 1 aromatic heterocycles. The minimum absolute atomic E-state index is 0.0296. The van der Waals surface area contributed by atoms with Crippen LogP contribution in [0, 0.1) is 11.6 Å². The molecule has 2 heterocycles. The highest BCUT2D eigenvalue weighted by molar-refractivity contribution is 7.16. The van der Waals surface area contributed by atoms with Crippen LogP contribution in [0.1, 0.15) is 12.8 Å². The molecule has 3 rings (SSSR count). The third kappa shape index (κ3) is 3.77. The zero-order chi connectivity index (χ0) is 19.7. The second kappa shape index (κ2) is 7.35. The highest BCUT2D eigenvalue weighted by atomic mass is 32.1. The van der Waals surface area contributed by atoms with Crippen molar-refractivity contribution in [3.8, 4) is 0 Å². The number of imide groups is 1. The van der Waals surface area contributed by atoms with E-state index < -0.39 is 48.4 Å². The summed E-state index contributed by atoms with van der Waals surface area (Å²) < 4.78 is 33.5. The number of rotatable bonds is 4. The third-order valence-corrected chi connectivity index (χ3v) is 4.90. The molecule has 1 aliphatic heterocycles. The molecular weight excluding hydrogens is 384 g/mol. The largest absolute Gasteiger partial charge is 0.468 e. The van der Waals surface area contributed by atoms with Gasteiger partial charge in [0, 0.05) is 18.9 Å². The fourth-order valence-electron chi connectivity index (χ4n) is 2.63. The maximum atomic E-state index is 14.2. The SMILES string of the molecule is COC(=O)Cn1c(=NC(=O)CN2C(=O)CCC2=O)sc2cc(F)cc(F)c21. The van der Waals surface area contributed by atoms with Crippen LogP contribution in [0.25, 0.3) is 10.2 Å². The number of thiazole rings is 1. The van der Waals surface area contributed by atoms with E-state index in [4.69, 9.17) is 0 Å². The normalized spacial score (nSPS) is 15.1. The summed E-state index contributed by atoms with van der Waals surface area (Å²) in [4.78, 5) is 51.5. The Morgan fingerprint density at radius 1 is 1.19 bits per heavy atom. The molecule has 1 saturated heterocycles. The van der Waals surface area contributed by atoms with E-state index in [1.165, 1.54) is 0 Å². The predicted octanol–water partition coefficient (Wildman–Crippen LogP) is 0.730. The first kappa shape index (κ1) is 18.8. The van der Waals surface area contributed by atoms with Gasteiger partial charge in [0.2, 0.25) is 11.8 Å². The minimum atomic E-state index is -0.927. The van der Waals surface area contributed by atoms with Gasteiger partial charge in [-0.05, 0) is 6.07 Å². The van der Waals surface area contributed by atoms with Gasteiger partial charge in [0.15, 0.2) is 10.6 Å². The monoisotopic (exact) mass is 397 g/mol. The summed E-state index contributed by atoms with van der Waals surface area (Å²) in [5.41, 5.74) is -0.105. The molecule has 2 aromatic rings. The van der Waals surface area contributed by atoms with Gasteiger partial charge in [0.05, 0.1) is 17.3 Å². The molecule has 8 nitrogen and oxygen atoms in total. The van der Waals surface area contributed by atoms with E-state index in [0.717, 1.165) is 34.0 Å². The quantitative estimate of drug-likeness (QED) is 0.560. The molecule has 0 radical (unpaired) electrons. The van der Waals surface area contributed by atoms with Crippen LogP contribution in [-0.4, -0.2) is 46.8 Å². The fourth-order valence-corrected chi connectivity index (χ4v) is 3.72. The Morgan fingerprint density at radius 3 is 2.48 bits per heavy atom. The number of methoxy groups -OCH3 is 1. The van der Waals surface area contributed by atoms with Gasteiger partial charge < -0.3 is 9.30 Å². The van der Waals surface area contributed by atoms with Gasteiger partial charge in [-0.2, -0.15) is 4.99 Å². The van der Waals surface area contributed by atoms with Crippen molar-refractivity contribution in [1.82, 2.24) is 9.47 Å². The summed E-state index contributed by atoms with van der Waals surface area (Å²) in [6.45, 7) is -1.01. The number of halogens is 2. The van der Waals surface area contributed by atoms with Crippen molar-refractivity contribution in [2.45, 2.75) is 19.4 Å². The lowest BCUT2D eigenvalue weighted by Crippen LogP contribution is -2.34. The standard InChI is InChI=1S/C16H13F2N3O5S/c1-26-14(25)7-21-15-9(18)4-8(17)5-10(15)27-16(21)19-11(22)6-20-12(23)2-3-13(20)24/h4-5H,2-3,6-7H2,1H3. The van der Waals surface area contributed by atoms with Gasteiger partial charge in [-0.25, -0.2) is 8.78 Å². The first-order chi connectivity index (χ1) is 12.8. The van der Waals surface area contributed by atoms with Crippen molar-refractivity contribution in [3.05, 3.63) is 28.6 Å². The number of benzene rings is 1. The molecule has 1 fully saturated rings. The van der Waals surface area contributed by atoms with Crippen LogP contribution in [0.5, 0.6) is 0 Å². The lowest BCUT2D eigenvalue weighted by Gasteiger charge is -2.10. The zero-order valence-corrected chi connectivity index (χ0v) is 14.8. The number of amides is 3. The van der Waals surface area contributed by atoms with Crippen molar-refractivity contribution in [2.75, 3.05) is 13.7 Å². The first-order valence-corrected chi connectivity index (χ1v) is 8.57. The van der Waals surface area contributed by atoms with E-state index in [-0.39, 0.29) is 27.9 Å². The number of ether oxygens (including phenoxy) is 1. The molecule has 0 bridgehead atoms. The highest BCUT2D eigenvalue weighted by Crippen LogP contribution is 2.22. The summed E-state index contributed by atoms with van der Waals surface area (Å²) in [5, 5.41) is 0. The van der Waals surface area contributed by atoms with Crippen LogP contribution < -0.4 is 4.80 Å². The second-order valence-corrected chi connectivity index (χ2v) is 6.67. The van der Waals surface area contributed by atoms with Crippen LogP contribution in [0.2, 0.25) is 0 Å². The van der Waals surface area contributed by atoms with Crippen LogP contribution in [-0.2, 0) is 30.5 Å². The number of fused-ring (bicyclic) bond motifs is 1. The molecule has 0 N–H and O–H groups in total. The highest BCUT2D eigenvalue weighted by Gasteiger charge is 2.30. The Kier molecular flexibility index (Phi) is 5.13. The number of likely N-dealkylation sites (tertiary alicyclic amines) is 1. The molecule has 27 heavy (non-hydrogen) atoms. The molecule has 0 unspecified atom stereocenters. The maximum Gasteiger partial charge on any atom is 0.325 e. The number of hydrogen-bond donors (Lipinski definition) is 0. The van der Waals surface area contributed by atoms with Crippen LogP contribution in [0.15, 0.2) is 17.1 Å². The van der Waals surface area contributed by atoms with Crippen LogP contribution in [0.3, 0.4) is 0 Å². The second-order valence-electron chi connectivity index (χ2n) is 5.66. The molecular formula is C16H13F2N3O5S.